The van der Waals surface area contributed by atoms with E-state index < -0.39 is 0 Å². The van der Waals surface area contributed by atoms with Gasteiger partial charge in [0.15, 0.2) is 0 Å². The van der Waals surface area contributed by atoms with Crippen molar-refractivity contribution in [3.05, 3.63) is 21.9 Å². The predicted octanol–water partition coefficient (Wildman–Crippen LogP) is 0.786. The van der Waals surface area contributed by atoms with Gasteiger partial charge in [0.1, 0.15) is 6.61 Å². The van der Waals surface area contributed by atoms with E-state index in [0.29, 0.717) is 4.88 Å². The summed E-state index contributed by atoms with van der Waals surface area (Å²) in [5.41, 5.74) is 0. The van der Waals surface area contributed by atoms with Crippen LogP contribution in [0.4, 0.5) is 0 Å². The zero-order valence-electron chi connectivity index (χ0n) is 12.0. The number of aliphatic hydroxyl groups is 1. The molecule has 1 aromatic heterocycles. The largest absolute Gasteiger partial charge is 0.384 e. The molecule has 0 aliphatic carbocycles. The maximum absolute atomic E-state index is 12.3. The monoisotopic (exact) mass is 306 g/mol. The third-order valence-electron chi connectivity index (χ3n) is 3.29. The van der Waals surface area contributed by atoms with Crippen molar-refractivity contribution in [3.63, 3.8) is 0 Å². The zero-order valence-corrected chi connectivity index (χ0v) is 12.8. The molecular formula is C15H18N2O3S. The van der Waals surface area contributed by atoms with Gasteiger partial charge in [0.25, 0.3) is 5.91 Å². The first kappa shape index (κ1) is 15.5. The van der Waals surface area contributed by atoms with Crippen molar-refractivity contribution in [1.29, 1.82) is 0 Å². The summed E-state index contributed by atoms with van der Waals surface area (Å²) in [6.07, 6.45) is 2.09. The fourth-order valence-corrected chi connectivity index (χ4v) is 3.05. The number of hydrogen-bond donors (Lipinski definition) is 1. The van der Waals surface area contributed by atoms with Crippen molar-refractivity contribution in [1.82, 2.24) is 9.80 Å². The van der Waals surface area contributed by atoms with Crippen LogP contribution in [-0.2, 0) is 4.79 Å². The minimum atomic E-state index is -0.203. The van der Waals surface area contributed by atoms with Gasteiger partial charge in [-0.15, -0.1) is 11.3 Å². The van der Waals surface area contributed by atoms with Crippen molar-refractivity contribution < 1.29 is 14.7 Å². The van der Waals surface area contributed by atoms with E-state index in [1.807, 2.05) is 0 Å². The number of carbonyl (C=O) groups excluding carboxylic acids is 2. The van der Waals surface area contributed by atoms with Crippen LogP contribution in [0, 0.1) is 11.8 Å². The van der Waals surface area contributed by atoms with Gasteiger partial charge in [-0.1, -0.05) is 11.8 Å². The molecule has 0 bridgehead atoms. The number of likely N-dealkylation sites (tertiary alicyclic amines) is 1. The first-order valence-corrected chi connectivity index (χ1v) is 7.66. The normalized spacial score (nSPS) is 13.7. The summed E-state index contributed by atoms with van der Waals surface area (Å²) < 4.78 is 0. The molecule has 2 rings (SSSR count). The third-order valence-corrected chi connectivity index (χ3v) is 4.27. The van der Waals surface area contributed by atoms with E-state index in [-0.39, 0.29) is 25.0 Å². The average molecular weight is 306 g/mol. The SMILES string of the molecule is CN(CC(=O)N1CCCC1)C(=O)c1ccc(C#CCO)s1. The highest BCUT2D eigenvalue weighted by molar-refractivity contribution is 7.14. The Hall–Kier alpha value is -1.84. The Balaban J connectivity index is 1.95. The molecule has 1 aliphatic heterocycles. The minimum absolute atomic E-state index is 0.000187. The smallest absolute Gasteiger partial charge is 0.264 e. The van der Waals surface area contributed by atoms with Gasteiger partial charge in [0.05, 0.1) is 16.3 Å². The Morgan fingerprint density at radius 3 is 2.76 bits per heavy atom. The van der Waals surface area contributed by atoms with E-state index in [1.54, 1.807) is 24.1 Å². The van der Waals surface area contributed by atoms with Crippen LogP contribution in [0.5, 0.6) is 0 Å². The Morgan fingerprint density at radius 1 is 1.38 bits per heavy atom. The molecule has 1 aliphatic rings. The highest BCUT2D eigenvalue weighted by atomic mass is 32.1. The van der Waals surface area contributed by atoms with Crippen LogP contribution in [0.3, 0.4) is 0 Å². The predicted molar refractivity (Wildman–Crippen MR) is 81.1 cm³/mol. The van der Waals surface area contributed by atoms with Crippen LogP contribution in [0.15, 0.2) is 12.1 Å². The number of nitrogens with zero attached hydrogens (tertiary/aromatic N) is 2. The van der Waals surface area contributed by atoms with Gasteiger partial charge in [0, 0.05) is 20.1 Å². The van der Waals surface area contributed by atoms with Crippen molar-refractivity contribution >= 4 is 23.2 Å². The van der Waals surface area contributed by atoms with Crippen LogP contribution in [-0.4, -0.2) is 60.0 Å². The number of amides is 2. The highest BCUT2D eigenvalue weighted by Crippen LogP contribution is 2.17. The fourth-order valence-electron chi connectivity index (χ4n) is 2.18. The molecule has 1 fully saturated rings. The number of rotatable bonds is 3. The van der Waals surface area contributed by atoms with E-state index in [4.69, 9.17) is 5.11 Å². The second kappa shape index (κ2) is 7.25. The number of thiophene rings is 1. The molecule has 112 valence electrons. The van der Waals surface area contributed by atoms with Crippen molar-refractivity contribution in [2.45, 2.75) is 12.8 Å². The standard InChI is InChI=1S/C15H18N2O3S/c1-16(11-14(19)17-8-2-3-9-17)15(20)13-7-6-12(21-13)5-4-10-18/h6-7,18H,2-3,8-11H2,1H3. The summed E-state index contributed by atoms with van der Waals surface area (Å²) in [4.78, 5) is 28.8. The lowest BCUT2D eigenvalue weighted by molar-refractivity contribution is -0.130. The van der Waals surface area contributed by atoms with Gasteiger partial charge < -0.3 is 14.9 Å². The van der Waals surface area contributed by atoms with E-state index in [0.717, 1.165) is 30.8 Å². The first-order chi connectivity index (χ1) is 10.1. The Kier molecular flexibility index (Phi) is 5.37. The quantitative estimate of drug-likeness (QED) is 0.840. The van der Waals surface area contributed by atoms with Gasteiger partial charge in [0.2, 0.25) is 5.91 Å². The Morgan fingerprint density at radius 2 is 2.10 bits per heavy atom. The van der Waals surface area contributed by atoms with Crippen LogP contribution in [0.1, 0.15) is 27.4 Å². The second-order valence-electron chi connectivity index (χ2n) is 4.87. The summed E-state index contributed by atoms with van der Waals surface area (Å²) in [7, 11) is 1.63. The van der Waals surface area contributed by atoms with Crippen LogP contribution < -0.4 is 0 Å². The Labute approximate surface area is 128 Å². The lowest BCUT2D eigenvalue weighted by Crippen LogP contribution is -2.39. The van der Waals surface area contributed by atoms with Gasteiger partial charge in [-0.25, -0.2) is 0 Å². The number of hydrogen-bond acceptors (Lipinski definition) is 4. The molecule has 0 aromatic carbocycles. The van der Waals surface area contributed by atoms with Crippen molar-refractivity contribution in [2.75, 3.05) is 33.3 Å². The second-order valence-corrected chi connectivity index (χ2v) is 5.96. The zero-order chi connectivity index (χ0) is 15.2. The van der Waals surface area contributed by atoms with Crippen LogP contribution >= 0.6 is 11.3 Å². The first-order valence-electron chi connectivity index (χ1n) is 6.84. The number of likely N-dealkylation sites (N-methyl/N-ethyl adjacent to an activating group) is 1. The van der Waals surface area contributed by atoms with Gasteiger partial charge in [-0.2, -0.15) is 0 Å². The molecule has 0 radical (unpaired) electrons. The lowest BCUT2D eigenvalue weighted by atomic mass is 10.3. The topological polar surface area (TPSA) is 60.9 Å². The molecule has 2 amide bonds. The van der Waals surface area contributed by atoms with Gasteiger partial charge >= 0.3 is 0 Å². The van der Waals surface area contributed by atoms with Crippen molar-refractivity contribution in [2.24, 2.45) is 0 Å². The summed E-state index contributed by atoms with van der Waals surface area (Å²) in [6.45, 7) is 1.49. The minimum Gasteiger partial charge on any atom is -0.384 e. The molecule has 0 spiro atoms. The summed E-state index contributed by atoms with van der Waals surface area (Å²) in [5, 5.41) is 8.65. The summed E-state index contributed by atoms with van der Waals surface area (Å²) in [5.74, 6) is 5.14. The fraction of sp³-hybridized carbons (Fsp3) is 0.467. The lowest BCUT2D eigenvalue weighted by Gasteiger charge is -2.20. The van der Waals surface area contributed by atoms with Gasteiger partial charge in [-0.3, -0.25) is 9.59 Å². The molecule has 0 atom stereocenters. The van der Waals surface area contributed by atoms with Gasteiger partial charge in [-0.05, 0) is 25.0 Å². The van der Waals surface area contributed by atoms with E-state index in [1.165, 1.54) is 16.2 Å². The molecule has 5 nitrogen and oxygen atoms in total. The number of aliphatic hydroxyl groups excluding tert-OH is 1. The molecular weight excluding hydrogens is 288 g/mol. The average Bonchev–Trinajstić information content (AvgIpc) is 3.15. The molecule has 1 aromatic rings. The maximum Gasteiger partial charge on any atom is 0.264 e. The summed E-state index contributed by atoms with van der Waals surface area (Å²) >= 11 is 1.27. The van der Waals surface area contributed by atoms with E-state index in [2.05, 4.69) is 11.8 Å². The van der Waals surface area contributed by atoms with Crippen LogP contribution in [0.25, 0.3) is 0 Å². The number of carbonyl (C=O) groups is 2. The molecule has 6 heteroatoms. The van der Waals surface area contributed by atoms with E-state index in [9.17, 15) is 9.59 Å². The Bertz CT molecular complexity index is 579. The molecule has 1 N–H and O–H groups in total. The van der Waals surface area contributed by atoms with Crippen LogP contribution in [0.2, 0.25) is 0 Å². The molecule has 0 saturated carbocycles. The maximum atomic E-state index is 12.3. The highest BCUT2D eigenvalue weighted by Gasteiger charge is 2.22. The third kappa shape index (κ3) is 4.06. The van der Waals surface area contributed by atoms with Crippen molar-refractivity contribution in [3.8, 4) is 11.8 Å². The summed E-state index contributed by atoms with van der Waals surface area (Å²) in [6, 6.07) is 3.45. The molecule has 2 heterocycles. The molecule has 0 unspecified atom stereocenters. The van der Waals surface area contributed by atoms with E-state index >= 15 is 0 Å². The molecule has 1 saturated heterocycles. The molecule has 21 heavy (non-hydrogen) atoms.